The Hall–Kier alpha value is -5.66. The topological polar surface area (TPSA) is 177 Å². The van der Waals surface area contributed by atoms with Gasteiger partial charge >= 0.3 is 12.2 Å². The molecule has 0 spiro atoms. The minimum Gasteiger partial charge on any atom is -0.465 e. The molecule has 2 saturated heterocycles. The van der Waals surface area contributed by atoms with Crippen LogP contribution in [0.25, 0.3) is 33.6 Å². The van der Waals surface area contributed by atoms with Crippen LogP contribution in [0.2, 0.25) is 0 Å². The Labute approximate surface area is 328 Å². The fourth-order valence-electron chi connectivity index (χ4n) is 7.91. The van der Waals surface area contributed by atoms with Gasteiger partial charge in [-0.15, -0.1) is 0 Å². The third-order valence-corrected chi connectivity index (χ3v) is 10.9. The molecule has 4 atom stereocenters. The van der Waals surface area contributed by atoms with Gasteiger partial charge in [0.05, 0.1) is 43.0 Å². The number of methoxy groups -OCH3 is 1. The molecule has 2 fully saturated rings. The zero-order valence-electron chi connectivity index (χ0n) is 33.1. The number of carbonyl (C=O) groups is 4. The number of hydrogen-bond donors (Lipinski definition) is 4. The van der Waals surface area contributed by atoms with E-state index in [0.29, 0.717) is 31.8 Å². The van der Waals surface area contributed by atoms with Crippen LogP contribution in [0.4, 0.5) is 9.59 Å². The van der Waals surface area contributed by atoms with Gasteiger partial charge in [0, 0.05) is 20.1 Å². The second-order valence-corrected chi connectivity index (χ2v) is 15.8. The van der Waals surface area contributed by atoms with Crippen molar-refractivity contribution in [1.82, 2.24) is 40.0 Å². The molecule has 0 saturated carbocycles. The van der Waals surface area contributed by atoms with Crippen LogP contribution >= 0.6 is 0 Å². The molecule has 4 heterocycles. The highest BCUT2D eigenvalue weighted by Gasteiger charge is 2.39. The molecule has 0 radical (unpaired) electrons. The number of likely N-dealkylation sites (N-methyl/N-ethyl adjacent to an activating group) is 1. The Kier molecular flexibility index (Phi) is 12.5. The van der Waals surface area contributed by atoms with Crippen molar-refractivity contribution in [3.63, 3.8) is 0 Å². The van der Waals surface area contributed by atoms with Gasteiger partial charge in [0.25, 0.3) is 0 Å². The van der Waals surface area contributed by atoms with Crippen molar-refractivity contribution in [3.8, 4) is 33.6 Å². The number of amides is 4. The summed E-state index contributed by atoms with van der Waals surface area (Å²) in [6, 6.07) is 14.6. The first-order valence-electron chi connectivity index (χ1n) is 19.6. The molecular formula is C42H54N8O6. The first kappa shape index (κ1) is 40.0. The van der Waals surface area contributed by atoms with Gasteiger partial charge in [0.15, 0.2) is 0 Å². The third kappa shape index (κ3) is 8.90. The number of likely N-dealkylation sites (tertiary alicyclic amines) is 2. The lowest BCUT2D eigenvalue weighted by Crippen LogP contribution is -2.49. The standard InChI is InChI=1S/C42H54N8O6/c1-25(2)21-31(47-41(53)56-6)39(51)49-19-7-9-34(49)37-43-23-32(45-37)29-15-11-27(12-16-29)28-13-17-30(18-14-28)33-24-44-38(46-33)35-10-8-20-50(35)40(52)36(22-26(3)4)48(5)42(54)55/h11-18,23-26,31,34-36H,7-10,19-22H2,1-6H3,(H,43,45)(H,44,46)(H,47,53)(H,54,55)/t31-,34-,35-,36-/m0/s1. The van der Waals surface area contributed by atoms with Crippen molar-refractivity contribution in [2.75, 3.05) is 27.2 Å². The largest absolute Gasteiger partial charge is 0.465 e. The molecular weight excluding hydrogens is 713 g/mol. The number of aromatic amines is 2. The van der Waals surface area contributed by atoms with Gasteiger partial charge in [-0.2, -0.15) is 0 Å². The zero-order valence-corrected chi connectivity index (χ0v) is 33.1. The molecule has 4 aromatic rings. The van der Waals surface area contributed by atoms with E-state index in [-0.39, 0.29) is 35.7 Å². The van der Waals surface area contributed by atoms with Crippen LogP contribution in [-0.2, 0) is 14.3 Å². The number of carbonyl (C=O) groups excluding carboxylic acids is 3. The number of hydrogen-bond acceptors (Lipinski definition) is 7. The van der Waals surface area contributed by atoms with Crippen molar-refractivity contribution < 1.29 is 29.0 Å². The Balaban J connectivity index is 1.11. The van der Waals surface area contributed by atoms with E-state index in [0.717, 1.165) is 70.0 Å². The molecule has 6 rings (SSSR count). The van der Waals surface area contributed by atoms with Crippen molar-refractivity contribution in [1.29, 1.82) is 0 Å². The lowest BCUT2D eigenvalue weighted by Gasteiger charge is -2.32. The number of benzene rings is 2. The van der Waals surface area contributed by atoms with E-state index >= 15 is 0 Å². The number of rotatable bonds is 13. The van der Waals surface area contributed by atoms with Gasteiger partial charge in [0.1, 0.15) is 23.7 Å². The second kappa shape index (κ2) is 17.4. The highest BCUT2D eigenvalue weighted by molar-refractivity contribution is 5.87. The fraction of sp³-hybridized carbons (Fsp3) is 0.476. The maximum absolute atomic E-state index is 13.7. The number of H-pyrrole nitrogens is 2. The van der Waals surface area contributed by atoms with Crippen molar-refractivity contribution in [2.45, 2.75) is 90.4 Å². The van der Waals surface area contributed by atoms with E-state index in [1.807, 2.05) is 56.9 Å². The molecule has 2 aliphatic rings. The molecule has 2 aromatic heterocycles. The molecule has 2 aromatic carbocycles. The normalized spacial score (nSPS) is 18.0. The summed E-state index contributed by atoms with van der Waals surface area (Å²) in [5, 5.41) is 12.4. The fourth-order valence-corrected chi connectivity index (χ4v) is 7.91. The summed E-state index contributed by atoms with van der Waals surface area (Å²) in [6.07, 6.45) is 6.04. The smallest absolute Gasteiger partial charge is 0.407 e. The lowest BCUT2D eigenvalue weighted by molar-refractivity contribution is -0.137. The third-order valence-electron chi connectivity index (χ3n) is 10.9. The number of alkyl carbamates (subject to hydrolysis) is 1. The maximum Gasteiger partial charge on any atom is 0.407 e. The number of nitrogens with one attached hydrogen (secondary N) is 3. The first-order chi connectivity index (χ1) is 26.8. The predicted molar refractivity (Wildman–Crippen MR) is 212 cm³/mol. The van der Waals surface area contributed by atoms with Crippen molar-refractivity contribution in [2.24, 2.45) is 11.8 Å². The minimum atomic E-state index is -1.11. The van der Waals surface area contributed by atoms with E-state index in [9.17, 15) is 24.3 Å². The molecule has 2 aliphatic heterocycles. The van der Waals surface area contributed by atoms with E-state index in [2.05, 4.69) is 49.5 Å². The average molecular weight is 767 g/mol. The summed E-state index contributed by atoms with van der Waals surface area (Å²) < 4.78 is 4.78. The Morgan fingerprint density at radius 2 is 1.21 bits per heavy atom. The van der Waals surface area contributed by atoms with Gasteiger partial charge in [0.2, 0.25) is 11.8 Å². The Bertz CT molecular complexity index is 1990. The number of aromatic nitrogens is 4. The SMILES string of the molecule is COC(=O)N[C@@H](CC(C)C)C(=O)N1CCC[C@H]1c1ncc(-c2ccc(-c3ccc(-c4cnc([C@@H]5CCCN5C(=O)[C@H](CC(C)C)N(C)C(=O)O)[nH]4)cc3)cc2)[nH]1. The molecule has 0 aliphatic carbocycles. The molecule has 298 valence electrons. The molecule has 14 heteroatoms. The van der Waals surface area contributed by atoms with Crippen LogP contribution < -0.4 is 5.32 Å². The minimum absolute atomic E-state index is 0.127. The molecule has 4 amide bonds. The van der Waals surface area contributed by atoms with Gasteiger partial charge in [-0.25, -0.2) is 19.6 Å². The highest BCUT2D eigenvalue weighted by Crippen LogP contribution is 2.35. The second-order valence-electron chi connectivity index (χ2n) is 15.8. The molecule has 56 heavy (non-hydrogen) atoms. The molecule has 14 nitrogen and oxygen atoms in total. The van der Waals surface area contributed by atoms with E-state index in [1.54, 1.807) is 17.3 Å². The summed E-state index contributed by atoms with van der Waals surface area (Å²) in [4.78, 5) is 72.1. The summed E-state index contributed by atoms with van der Waals surface area (Å²) in [5.41, 5.74) is 5.73. The number of nitrogens with zero attached hydrogens (tertiary/aromatic N) is 5. The molecule has 0 bridgehead atoms. The van der Waals surface area contributed by atoms with Crippen LogP contribution in [0.15, 0.2) is 60.9 Å². The maximum atomic E-state index is 13.7. The van der Waals surface area contributed by atoms with Crippen LogP contribution in [-0.4, -0.2) is 103 Å². The van der Waals surface area contributed by atoms with Crippen molar-refractivity contribution in [3.05, 3.63) is 72.6 Å². The Morgan fingerprint density at radius 1 is 0.768 bits per heavy atom. The quantitative estimate of drug-likeness (QED) is 0.110. The number of carboxylic acid groups (broad SMARTS) is 1. The van der Waals surface area contributed by atoms with E-state index in [4.69, 9.17) is 4.74 Å². The number of ether oxygens (including phenoxy) is 1. The lowest BCUT2D eigenvalue weighted by atomic mass is 10.0. The Morgan fingerprint density at radius 3 is 1.64 bits per heavy atom. The monoisotopic (exact) mass is 766 g/mol. The van der Waals surface area contributed by atoms with Gasteiger partial charge in [-0.05, 0) is 72.6 Å². The van der Waals surface area contributed by atoms with Gasteiger partial charge in [-0.1, -0.05) is 76.2 Å². The average Bonchev–Trinajstić information content (AvgIpc) is 4.02. The summed E-state index contributed by atoms with van der Waals surface area (Å²) >= 11 is 0. The van der Waals surface area contributed by atoms with Crippen LogP contribution in [0.1, 0.15) is 90.0 Å². The number of imidazole rings is 2. The molecule has 4 N–H and O–H groups in total. The van der Waals surface area contributed by atoms with Crippen LogP contribution in [0.3, 0.4) is 0 Å². The summed E-state index contributed by atoms with van der Waals surface area (Å²) in [6.45, 7) is 9.17. The van der Waals surface area contributed by atoms with Crippen LogP contribution in [0, 0.1) is 11.8 Å². The van der Waals surface area contributed by atoms with E-state index < -0.39 is 24.3 Å². The predicted octanol–water partition coefficient (Wildman–Crippen LogP) is 7.26. The van der Waals surface area contributed by atoms with Gasteiger partial charge < -0.3 is 34.9 Å². The summed E-state index contributed by atoms with van der Waals surface area (Å²) in [7, 11) is 2.76. The van der Waals surface area contributed by atoms with Crippen LogP contribution in [0.5, 0.6) is 0 Å². The highest BCUT2D eigenvalue weighted by atomic mass is 16.5. The first-order valence-corrected chi connectivity index (χ1v) is 19.6. The van der Waals surface area contributed by atoms with Crippen molar-refractivity contribution >= 4 is 24.0 Å². The molecule has 0 unspecified atom stereocenters. The summed E-state index contributed by atoms with van der Waals surface area (Å²) in [5.74, 6) is 1.49. The van der Waals surface area contributed by atoms with E-state index in [1.165, 1.54) is 14.2 Å². The zero-order chi connectivity index (χ0) is 40.1. The van der Waals surface area contributed by atoms with Gasteiger partial charge in [-0.3, -0.25) is 14.5 Å².